The van der Waals surface area contributed by atoms with Crippen LogP contribution < -0.4 is 5.63 Å². The van der Waals surface area contributed by atoms with Crippen molar-refractivity contribution >= 4 is 17.2 Å². The third-order valence-electron chi connectivity index (χ3n) is 4.56. The Labute approximate surface area is 134 Å². The van der Waals surface area contributed by atoms with Crippen LogP contribution >= 0.6 is 11.6 Å². The number of allylic oxidation sites excluding steroid dienone is 2. The monoisotopic (exact) mass is 324 g/mol. The zero-order valence-electron chi connectivity index (χ0n) is 12.6. The Balaban J connectivity index is 2.09. The van der Waals surface area contributed by atoms with Gasteiger partial charge in [0, 0.05) is 17.5 Å². The van der Waals surface area contributed by atoms with Crippen LogP contribution in [0.15, 0.2) is 15.3 Å². The van der Waals surface area contributed by atoms with Gasteiger partial charge < -0.3 is 14.6 Å². The Bertz CT molecular complexity index is 659. The van der Waals surface area contributed by atoms with E-state index in [-0.39, 0.29) is 11.5 Å². The van der Waals surface area contributed by atoms with Crippen molar-refractivity contribution in [3.8, 4) is 0 Å². The predicted octanol–water partition coefficient (Wildman–Crippen LogP) is 2.40. The van der Waals surface area contributed by atoms with Crippen molar-refractivity contribution in [3.05, 3.63) is 38.9 Å². The molecule has 0 saturated heterocycles. The van der Waals surface area contributed by atoms with E-state index in [9.17, 15) is 15.0 Å². The maximum atomic E-state index is 12.2. The van der Waals surface area contributed by atoms with Crippen molar-refractivity contribution in [2.75, 3.05) is 0 Å². The van der Waals surface area contributed by atoms with Gasteiger partial charge in [0.2, 0.25) is 0 Å². The number of aliphatic hydroxyl groups is 2. The highest BCUT2D eigenvalue weighted by atomic mass is 35.5. The Morgan fingerprint density at radius 3 is 2.68 bits per heavy atom. The summed E-state index contributed by atoms with van der Waals surface area (Å²) in [7, 11) is 0. The van der Waals surface area contributed by atoms with Crippen LogP contribution in [-0.4, -0.2) is 21.9 Å². The second-order valence-corrected chi connectivity index (χ2v) is 6.92. The third kappa shape index (κ3) is 2.87. The molecule has 2 atom stereocenters. The van der Waals surface area contributed by atoms with Crippen molar-refractivity contribution in [1.82, 2.24) is 0 Å². The highest BCUT2D eigenvalue weighted by Gasteiger charge is 2.29. The lowest BCUT2D eigenvalue weighted by Crippen LogP contribution is -2.25. The minimum atomic E-state index is -1.56. The standard InChI is InChI=1S/C17H21ClO4/c1-9-6-10(8-13(18)16(19)20)15-11-4-2-3-5-12(11)17(21)22-14(15)7-9/h6,9,13,16,19-20H,2-5,7-8H2,1H3. The largest absolute Gasteiger partial charge is 0.427 e. The molecule has 22 heavy (non-hydrogen) atoms. The molecule has 120 valence electrons. The number of rotatable bonds is 3. The maximum Gasteiger partial charge on any atom is 0.339 e. The zero-order chi connectivity index (χ0) is 15.9. The van der Waals surface area contributed by atoms with Crippen LogP contribution in [0.5, 0.6) is 0 Å². The van der Waals surface area contributed by atoms with Gasteiger partial charge in [-0.25, -0.2) is 4.79 Å². The molecule has 0 fully saturated rings. The zero-order valence-corrected chi connectivity index (χ0v) is 13.4. The van der Waals surface area contributed by atoms with E-state index in [1.807, 2.05) is 0 Å². The van der Waals surface area contributed by atoms with E-state index in [4.69, 9.17) is 16.0 Å². The van der Waals surface area contributed by atoms with Gasteiger partial charge >= 0.3 is 5.63 Å². The van der Waals surface area contributed by atoms with E-state index in [2.05, 4.69) is 13.0 Å². The molecule has 2 N–H and O–H groups in total. The normalized spacial score (nSPS) is 22.0. The molecule has 0 aromatic carbocycles. The van der Waals surface area contributed by atoms with Crippen molar-refractivity contribution in [2.24, 2.45) is 5.92 Å². The minimum absolute atomic E-state index is 0.202. The second-order valence-electron chi connectivity index (χ2n) is 6.36. The maximum absolute atomic E-state index is 12.2. The molecule has 0 radical (unpaired) electrons. The van der Waals surface area contributed by atoms with Gasteiger partial charge in [-0.15, -0.1) is 11.6 Å². The van der Waals surface area contributed by atoms with E-state index in [1.165, 1.54) is 0 Å². The molecule has 1 aromatic rings. The number of alkyl halides is 1. The Hall–Kier alpha value is -1.10. The number of halogens is 1. The van der Waals surface area contributed by atoms with E-state index < -0.39 is 11.7 Å². The third-order valence-corrected chi connectivity index (χ3v) is 4.94. The molecule has 2 aliphatic rings. The van der Waals surface area contributed by atoms with Gasteiger partial charge in [-0.2, -0.15) is 0 Å². The van der Waals surface area contributed by atoms with Gasteiger partial charge in [0.15, 0.2) is 6.29 Å². The lowest BCUT2D eigenvalue weighted by molar-refractivity contribution is -0.0406. The van der Waals surface area contributed by atoms with Crippen LogP contribution in [0.2, 0.25) is 0 Å². The van der Waals surface area contributed by atoms with E-state index in [1.54, 1.807) is 0 Å². The number of hydrogen-bond acceptors (Lipinski definition) is 4. The van der Waals surface area contributed by atoms with Gasteiger partial charge in [0.25, 0.3) is 0 Å². The Kier molecular flexibility index (Phi) is 4.44. The molecule has 1 heterocycles. The molecule has 0 saturated carbocycles. The van der Waals surface area contributed by atoms with Crippen LogP contribution in [0.25, 0.3) is 5.57 Å². The fraction of sp³-hybridized carbons (Fsp3) is 0.588. The van der Waals surface area contributed by atoms with Gasteiger partial charge in [-0.3, -0.25) is 0 Å². The summed E-state index contributed by atoms with van der Waals surface area (Å²) in [6.45, 7) is 2.06. The summed E-state index contributed by atoms with van der Waals surface area (Å²) in [5.41, 5.74) is 3.65. The van der Waals surface area contributed by atoms with Crippen LogP contribution in [0, 0.1) is 5.92 Å². The molecule has 2 aliphatic carbocycles. The molecule has 0 amide bonds. The van der Waals surface area contributed by atoms with Gasteiger partial charge in [0.1, 0.15) is 5.76 Å². The van der Waals surface area contributed by atoms with Crippen molar-refractivity contribution in [3.63, 3.8) is 0 Å². The van der Waals surface area contributed by atoms with Crippen LogP contribution in [0.1, 0.15) is 48.6 Å². The number of aliphatic hydroxyl groups excluding tert-OH is 1. The average molecular weight is 325 g/mol. The molecule has 4 nitrogen and oxygen atoms in total. The first-order valence-electron chi connectivity index (χ1n) is 7.86. The Morgan fingerprint density at radius 2 is 2.00 bits per heavy atom. The SMILES string of the molecule is CC1C=C(CC(Cl)C(O)O)c2c(oc(=O)c3c2CCCC3)C1. The molecule has 0 aliphatic heterocycles. The van der Waals surface area contributed by atoms with Gasteiger partial charge in [-0.05, 0) is 49.2 Å². The highest BCUT2D eigenvalue weighted by Crippen LogP contribution is 2.38. The summed E-state index contributed by atoms with van der Waals surface area (Å²) < 4.78 is 5.58. The van der Waals surface area contributed by atoms with Gasteiger partial charge in [0.05, 0.1) is 5.38 Å². The molecular weight excluding hydrogens is 304 g/mol. The molecule has 1 aromatic heterocycles. The quantitative estimate of drug-likeness (QED) is 0.661. The molecule has 0 spiro atoms. The molecule has 2 unspecified atom stereocenters. The minimum Gasteiger partial charge on any atom is -0.427 e. The fourth-order valence-electron chi connectivity index (χ4n) is 3.58. The molecule has 0 bridgehead atoms. The van der Waals surface area contributed by atoms with E-state index >= 15 is 0 Å². The molecule has 5 heteroatoms. The first kappa shape index (κ1) is 15.8. The molecular formula is C17H21ClO4. The van der Waals surface area contributed by atoms with Crippen molar-refractivity contribution in [2.45, 2.75) is 57.1 Å². The van der Waals surface area contributed by atoms with Crippen LogP contribution in [0.4, 0.5) is 0 Å². The first-order chi connectivity index (χ1) is 10.5. The summed E-state index contributed by atoms with van der Waals surface area (Å²) in [5.74, 6) is 0.971. The van der Waals surface area contributed by atoms with E-state index in [0.29, 0.717) is 12.8 Å². The predicted molar refractivity (Wildman–Crippen MR) is 84.9 cm³/mol. The van der Waals surface area contributed by atoms with Crippen LogP contribution in [0.3, 0.4) is 0 Å². The lowest BCUT2D eigenvalue weighted by Gasteiger charge is -2.27. The summed E-state index contributed by atoms with van der Waals surface area (Å²) >= 11 is 6.04. The Morgan fingerprint density at radius 1 is 1.32 bits per heavy atom. The number of hydrogen-bond donors (Lipinski definition) is 2. The summed E-state index contributed by atoms with van der Waals surface area (Å²) in [4.78, 5) is 12.2. The summed E-state index contributed by atoms with van der Waals surface area (Å²) in [6, 6.07) is 0. The highest BCUT2D eigenvalue weighted by molar-refractivity contribution is 6.21. The first-order valence-corrected chi connectivity index (χ1v) is 8.30. The van der Waals surface area contributed by atoms with Crippen molar-refractivity contribution < 1.29 is 14.6 Å². The van der Waals surface area contributed by atoms with Crippen LogP contribution in [-0.2, 0) is 19.3 Å². The number of fused-ring (bicyclic) bond motifs is 3. The lowest BCUT2D eigenvalue weighted by atomic mass is 9.80. The summed E-state index contributed by atoms with van der Waals surface area (Å²) in [6.07, 6.45) is 5.35. The van der Waals surface area contributed by atoms with Crippen molar-refractivity contribution in [1.29, 1.82) is 0 Å². The smallest absolute Gasteiger partial charge is 0.339 e. The average Bonchev–Trinajstić information content (AvgIpc) is 2.46. The van der Waals surface area contributed by atoms with Gasteiger partial charge in [-0.1, -0.05) is 13.0 Å². The fourth-order valence-corrected chi connectivity index (χ4v) is 3.75. The van der Waals surface area contributed by atoms with E-state index in [0.717, 1.165) is 53.7 Å². The topological polar surface area (TPSA) is 70.7 Å². The summed E-state index contributed by atoms with van der Waals surface area (Å²) in [5, 5.41) is 17.8. The second kappa shape index (κ2) is 6.19. The molecule has 3 rings (SSSR count).